The fourth-order valence-electron chi connectivity index (χ4n) is 6.75. The molecule has 52 heavy (non-hydrogen) atoms. The van der Waals surface area contributed by atoms with Crippen LogP contribution in [0.15, 0.2) is 94.9 Å². The van der Waals surface area contributed by atoms with E-state index >= 15 is 0 Å². The molecule has 5 aromatic rings. The van der Waals surface area contributed by atoms with Crippen molar-refractivity contribution in [1.29, 1.82) is 0 Å². The van der Waals surface area contributed by atoms with Gasteiger partial charge < -0.3 is 10.2 Å². The summed E-state index contributed by atoms with van der Waals surface area (Å²) in [5, 5.41) is 15.1. The Balaban J connectivity index is 1.05. The van der Waals surface area contributed by atoms with Crippen molar-refractivity contribution in [2.45, 2.75) is 48.6 Å². The first-order valence-electron chi connectivity index (χ1n) is 16.6. The summed E-state index contributed by atoms with van der Waals surface area (Å²) in [5.74, 6) is 0.308. The van der Waals surface area contributed by atoms with E-state index in [1.54, 1.807) is 31.3 Å². The van der Waals surface area contributed by atoms with Crippen LogP contribution in [0, 0.1) is 22.5 Å². The summed E-state index contributed by atoms with van der Waals surface area (Å²) >= 11 is 0. The number of carbonyl (C=O) groups is 1. The Labute approximate surface area is 300 Å². The van der Waals surface area contributed by atoms with Crippen LogP contribution in [-0.2, 0) is 26.4 Å². The van der Waals surface area contributed by atoms with Crippen LogP contribution in [0.25, 0.3) is 22.3 Å². The number of rotatable bonds is 10. The van der Waals surface area contributed by atoms with Crippen molar-refractivity contribution in [3.05, 3.63) is 112 Å². The van der Waals surface area contributed by atoms with Crippen LogP contribution in [0.3, 0.4) is 0 Å². The van der Waals surface area contributed by atoms with E-state index in [0.717, 1.165) is 30.3 Å². The monoisotopic (exact) mass is 741 g/mol. The first-order valence-corrected chi connectivity index (χ1v) is 19.9. The number of aryl methyl sites for hydroxylation is 1. The second kappa shape index (κ2) is 13.3. The number of para-hydroxylation sites is 1. The summed E-state index contributed by atoms with van der Waals surface area (Å²) in [6.45, 7) is 2.90. The summed E-state index contributed by atoms with van der Waals surface area (Å²) in [4.78, 5) is 39.8. The average Bonchev–Trinajstić information content (AvgIpc) is 3.90. The highest BCUT2D eigenvalue weighted by Crippen LogP contribution is 2.53. The number of piperidine rings is 1. The number of sulfone groups is 1. The van der Waals surface area contributed by atoms with E-state index in [-0.39, 0.29) is 33.4 Å². The summed E-state index contributed by atoms with van der Waals surface area (Å²) in [6.07, 6.45) is 4.94. The minimum absolute atomic E-state index is 0.104. The molecule has 1 spiro atoms. The van der Waals surface area contributed by atoms with Gasteiger partial charge in [-0.3, -0.25) is 19.9 Å². The van der Waals surface area contributed by atoms with Gasteiger partial charge in [0.1, 0.15) is 5.82 Å². The molecule has 0 radical (unpaired) electrons. The molecule has 16 heteroatoms. The molecule has 7 rings (SSSR count). The molecule has 2 fully saturated rings. The van der Waals surface area contributed by atoms with Crippen LogP contribution in [0.1, 0.15) is 40.9 Å². The van der Waals surface area contributed by atoms with Crippen molar-refractivity contribution < 1.29 is 26.6 Å². The van der Waals surface area contributed by atoms with Crippen LogP contribution in [0.2, 0.25) is 0 Å². The third kappa shape index (κ3) is 7.09. The molecule has 14 nitrogen and oxygen atoms in total. The number of nitrogens with one attached hydrogen (secondary N) is 2. The molecule has 2 N–H and O–H groups in total. The predicted molar refractivity (Wildman–Crippen MR) is 194 cm³/mol. The van der Waals surface area contributed by atoms with Gasteiger partial charge in [0, 0.05) is 54.0 Å². The van der Waals surface area contributed by atoms with E-state index in [1.807, 2.05) is 30.3 Å². The predicted octanol–water partition coefficient (Wildman–Crippen LogP) is 4.58. The van der Waals surface area contributed by atoms with E-state index < -0.39 is 36.4 Å². The van der Waals surface area contributed by atoms with Gasteiger partial charge in [0.05, 0.1) is 39.0 Å². The first kappa shape index (κ1) is 35.1. The number of anilines is 1. The number of aromatic nitrogens is 3. The Morgan fingerprint density at radius 2 is 1.73 bits per heavy atom. The number of nitro benzene ring substituents is 1. The van der Waals surface area contributed by atoms with Gasteiger partial charge in [-0.15, -0.1) is 0 Å². The fourth-order valence-corrected chi connectivity index (χ4v) is 9.29. The van der Waals surface area contributed by atoms with Gasteiger partial charge in [-0.05, 0) is 80.3 Å². The lowest BCUT2D eigenvalue weighted by atomic mass is 9.89. The first-order chi connectivity index (χ1) is 24.7. The Morgan fingerprint density at radius 1 is 0.962 bits per heavy atom. The Hall–Kier alpha value is -5.32. The van der Waals surface area contributed by atoms with E-state index in [4.69, 9.17) is 9.97 Å². The lowest BCUT2D eigenvalue weighted by molar-refractivity contribution is -0.387. The molecule has 0 bridgehead atoms. The Bertz CT molecular complexity index is 2470. The number of fused-ring (bicyclic) bond motifs is 1. The zero-order valence-electron chi connectivity index (χ0n) is 28.3. The molecule has 2 aromatic carbocycles. The van der Waals surface area contributed by atoms with Crippen molar-refractivity contribution in [2.75, 3.05) is 24.2 Å². The number of amides is 1. The van der Waals surface area contributed by atoms with Crippen molar-refractivity contribution in [1.82, 2.24) is 25.0 Å². The number of sulfonamides is 1. The Kier molecular flexibility index (Phi) is 9.00. The lowest BCUT2D eigenvalue weighted by Gasteiger charge is -2.40. The largest absolute Gasteiger partial charge is 0.356 e. The smallest absolute Gasteiger partial charge is 0.289 e. The zero-order chi connectivity index (χ0) is 36.8. The van der Waals surface area contributed by atoms with Gasteiger partial charge in [-0.2, -0.15) is 0 Å². The van der Waals surface area contributed by atoms with Crippen molar-refractivity contribution in [3.63, 3.8) is 0 Å². The summed E-state index contributed by atoms with van der Waals surface area (Å²) in [6, 6.07) is 20.8. The normalized spacial score (nSPS) is 16.9. The van der Waals surface area contributed by atoms with Gasteiger partial charge in [0.15, 0.2) is 14.7 Å². The van der Waals surface area contributed by atoms with Gasteiger partial charge in [-0.1, -0.05) is 24.3 Å². The molecular weight excluding hydrogens is 707 g/mol. The number of pyridine rings is 3. The SMILES string of the molecule is Cc1ccc(C(=O)NCc2cc3nc(-c4cccc(N5CC[C@H](NS(=O)(=O)c6ccccc6[N+](=O)[O-])C6(CC6)C5)n4)ccc3cn2)cc1S(C)(=O)=O. The average molecular weight is 742 g/mol. The van der Waals surface area contributed by atoms with Crippen LogP contribution in [0.4, 0.5) is 11.5 Å². The summed E-state index contributed by atoms with van der Waals surface area (Å²) in [5.41, 5.74) is 2.55. The molecule has 3 aromatic heterocycles. The van der Waals surface area contributed by atoms with Crippen molar-refractivity contribution in [3.8, 4) is 11.4 Å². The molecule has 1 amide bonds. The maximum Gasteiger partial charge on any atom is 0.289 e. The fraction of sp³-hybridized carbons (Fsp3) is 0.278. The second-order valence-electron chi connectivity index (χ2n) is 13.4. The number of benzene rings is 2. The molecule has 1 saturated carbocycles. The number of hydrogen-bond donors (Lipinski definition) is 2. The van der Waals surface area contributed by atoms with Gasteiger partial charge in [0.2, 0.25) is 10.0 Å². The maximum absolute atomic E-state index is 13.3. The third-order valence-electron chi connectivity index (χ3n) is 9.70. The van der Waals surface area contributed by atoms with Crippen molar-refractivity contribution in [2.24, 2.45) is 5.41 Å². The van der Waals surface area contributed by atoms with Crippen LogP contribution < -0.4 is 14.9 Å². The standard InChI is InChI=1S/C36H35N7O7S2/c1-23-10-11-24(18-32(23)51(2,47)48)35(44)38-21-26-19-29-25(20-37-26)12-13-28(39-29)27-6-5-9-34(40-27)42-17-14-33(36(22-42)15-16-36)41-52(49,50)31-8-4-3-7-30(31)43(45)46/h3-13,18-20,33,41H,14-17,21-22H2,1-2H3,(H,38,44)/t33-/m0/s1. The summed E-state index contributed by atoms with van der Waals surface area (Å²) < 4.78 is 53.6. The maximum atomic E-state index is 13.3. The van der Waals surface area contributed by atoms with Crippen molar-refractivity contribution >= 4 is 48.2 Å². The van der Waals surface area contributed by atoms with Gasteiger partial charge in [0.25, 0.3) is 11.6 Å². The lowest BCUT2D eigenvalue weighted by Crippen LogP contribution is -2.52. The van der Waals surface area contributed by atoms with E-state index in [0.29, 0.717) is 47.7 Å². The second-order valence-corrected chi connectivity index (χ2v) is 17.0. The minimum Gasteiger partial charge on any atom is -0.356 e. The Morgan fingerprint density at radius 3 is 2.48 bits per heavy atom. The van der Waals surface area contributed by atoms with Gasteiger partial charge >= 0.3 is 0 Å². The van der Waals surface area contributed by atoms with E-state index in [9.17, 15) is 31.7 Å². The summed E-state index contributed by atoms with van der Waals surface area (Å²) in [7, 11) is -7.61. The number of nitro groups is 1. The number of carbonyl (C=O) groups excluding carboxylic acids is 1. The zero-order valence-corrected chi connectivity index (χ0v) is 29.9. The molecule has 1 aliphatic heterocycles. The highest BCUT2D eigenvalue weighted by atomic mass is 32.2. The molecule has 268 valence electrons. The van der Waals surface area contributed by atoms with Gasteiger partial charge in [-0.25, -0.2) is 31.5 Å². The topological polar surface area (TPSA) is 194 Å². The number of nitrogens with zero attached hydrogens (tertiary/aromatic N) is 5. The van der Waals surface area contributed by atoms with Crippen LogP contribution in [0.5, 0.6) is 0 Å². The third-order valence-corrected chi connectivity index (χ3v) is 12.5. The van der Waals surface area contributed by atoms with Crippen LogP contribution >= 0.6 is 0 Å². The highest BCUT2D eigenvalue weighted by molar-refractivity contribution is 7.90. The molecule has 4 heterocycles. The molecule has 1 saturated heterocycles. The minimum atomic E-state index is -4.12. The van der Waals surface area contributed by atoms with E-state index in [2.05, 4.69) is 19.9 Å². The number of hydrogen-bond acceptors (Lipinski definition) is 11. The molecule has 0 unspecified atom stereocenters. The molecule has 1 aliphatic carbocycles. The molecular formula is C36H35N7O7S2. The van der Waals surface area contributed by atoms with Crippen LogP contribution in [-0.4, -0.2) is 68.0 Å². The molecule has 2 aliphatic rings. The van der Waals surface area contributed by atoms with E-state index in [1.165, 1.54) is 30.3 Å². The quantitative estimate of drug-likeness (QED) is 0.150. The molecule has 1 atom stereocenters. The highest BCUT2D eigenvalue weighted by Gasteiger charge is 2.54.